The van der Waals surface area contributed by atoms with E-state index in [1.807, 2.05) is 38.2 Å². The third-order valence-electron chi connectivity index (χ3n) is 3.86. The summed E-state index contributed by atoms with van der Waals surface area (Å²) in [7, 11) is 1.82. The van der Waals surface area contributed by atoms with Crippen LogP contribution in [-0.2, 0) is 19.1 Å². The number of nitrogens with one attached hydrogen (secondary N) is 2. The minimum Gasteiger partial charge on any atom is -0.383 e. The van der Waals surface area contributed by atoms with Gasteiger partial charge in [0.1, 0.15) is 5.60 Å². The van der Waals surface area contributed by atoms with Crippen LogP contribution in [0.1, 0.15) is 25.0 Å². The maximum Gasteiger partial charge on any atom is 0.191 e. The fourth-order valence-corrected chi connectivity index (χ4v) is 2.61. The van der Waals surface area contributed by atoms with Crippen molar-refractivity contribution in [3.05, 3.63) is 52.8 Å². The van der Waals surface area contributed by atoms with E-state index >= 15 is 0 Å². The van der Waals surface area contributed by atoms with Gasteiger partial charge in [0.25, 0.3) is 0 Å². The predicted molar refractivity (Wildman–Crippen MR) is 102 cm³/mol. The fraction of sp³-hybridized carbons (Fsp3) is 0.444. The molecule has 136 valence electrons. The Hall–Kier alpha value is -2.05. The lowest BCUT2D eigenvalue weighted by Gasteiger charge is -2.20. The molecule has 0 aliphatic heterocycles. The van der Waals surface area contributed by atoms with E-state index in [0.29, 0.717) is 12.5 Å². The molecule has 1 aromatic carbocycles. The highest BCUT2D eigenvalue weighted by Crippen LogP contribution is 2.20. The van der Waals surface area contributed by atoms with Crippen LogP contribution in [0.3, 0.4) is 0 Å². The van der Waals surface area contributed by atoms with Crippen LogP contribution in [0.5, 0.6) is 0 Å². The molecule has 25 heavy (non-hydrogen) atoms. The number of guanidine groups is 1. The minimum absolute atomic E-state index is 0.236. The van der Waals surface area contributed by atoms with E-state index in [-0.39, 0.29) is 6.54 Å². The van der Waals surface area contributed by atoms with Crippen LogP contribution in [0.4, 0.5) is 0 Å². The molecule has 0 saturated carbocycles. The number of benzene rings is 1. The highest BCUT2D eigenvalue weighted by Gasteiger charge is 2.24. The molecule has 2 aromatic rings. The Morgan fingerprint density at radius 3 is 2.76 bits per heavy atom. The molecule has 1 aromatic heterocycles. The number of aliphatic hydroxyl groups is 1. The number of nitrogens with zero attached hydrogens (tertiary/aromatic N) is 3. The van der Waals surface area contributed by atoms with E-state index in [1.54, 1.807) is 24.0 Å². The summed E-state index contributed by atoms with van der Waals surface area (Å²) in [5.41, 5.74) is 0.764. The number of aryl methyl sites for hydroxylation is 1. The first-order valence-electron chi connectivity index (χ1n) is 8.39. The smallest absolute Gasteiger partial charge is 0.191 e. The first kappa shape index (κ1) is 19.3. The molecule has 0 bridgehead atoms. The summed E-state index contributed by atoms with van der Waals surface area (Å²) in [5, 5.41) is 22.0. The number of rotatable bonds is 7. The molecule has 6 nitrogen and oxygen atoms in total. The van der Waals surface area contributed by atoms with E-state index in [2.05, 4.69) is 20.7 Å². The Morgan fingerprint density at radius 2 is 2.12 bits per heavy atom. The molecular formula is C18H26ClN5O. The van der Waals surface area contributed by atoms with E-state index in [1.165, 1.54) is 0 Å². The average molecular weight is 364 g/mol. The lowest BCUT2D eigenvalue weighted by Crippen LogP contribution is -2.39. The Morgan fingerprint density at radius 1 is 1.36 bits per heavy atom. The number of hydrogen-bond acceptors (Lipinski definition) is 3. The third-order valence-corrected chi connectivity index (χ3v) is 4.23. The number of halogens is 1. The summed E-state index contributed by atoms with van der Waals surface area (Å²) >= 11 is 6.18. The van der Waals surface area contributed by atoms with Gasteiger partial charge >= 0.3 is 0 Å². The van der Waals surface area contributed by atoms with Gasteiger partial charge in [0.05, 0.1) is 12.7 Å². The molecule has 2 rings (SSSR count). The first-order chi connectivity index (χ1) is 11.9. The Kier molecular flexibility index (Phi) is 6.84. The average Bonchev–Trinajstić information content (AvgIpc) is 3.02. The molecule has 3 N–H and O–H groups in total. The molecule has 1 unspecified atom stereocenters. The van der Waals surface area contributed by atoms with Gasteiger partial charge in [-0.1, -0.05) is 29.8 Å². The second kappa shape index (κ2) is 8.87. The van der Waals surface area contributed by atoms with Crippen molar-refractivity contribution in [3.8, 4) is 0 Å². The van der Waals surface area contributed by atoms with E-state index < -0.39 is 5.60 Å². The zero-order valence-electron chi connectivity index (χ0n) is 15.0. The molecule has 0 spiro atoms. The Balaban J connectivity index is 1.94. The van der Waals surface area contributed by atoms with Gasteiger partial charge in [-0.25, -0.2) is 4.99 Å². The number of aromatic nitrogens is 2. The summed E-state index contributed by atoms with van der Waals surface area (Å²) in [4.78, 5) is 4.50. The van der Waals surface area contributed by atoms with Crippen molar-refractivity contribution in [2.24, 2.45) is 12.0 Å². The third kappa shape index (κ3) is 5.76. The first-order valence-corrected chi connectivity index (χ1v) is 8.77. The highest BCUT2D eigenvalue weighted by atomic mass is 35.5. The molecule has 0 aliphatic rings. The van der Waals surface area contributed by atoms with Gasteiger partial charge in [-0.05, 0) is 31.9 Å². The van der Waals surface area contributed by atoms with Crippen molar-refractivity contribution < 1.29 is 5.11 Å². The van der Waals surface area contributed by atoms with Crippen LogP contribution in [0.25, 0.3) is 0 Å². The number of hydrogen-bond donors (Lipinski definition) is 3. The summed E-state index contributed by atoms with van der Waals surface area (Å²) in [6.07, 6.45) is 4.25. The monoisotopic (exact) mass is 363 g/mol. The summed E-state index contributed by atoms with van der Waals surface area (Å²) < 4.78 is 1.67. The van der Waals surface area contributed by atoms with Crippen LogP contribution in [0.2, 0.25) is 5.02 Å². The van der Waals surface area contributed by atoms with Crippen LogP contribution >= 0.6 is 11.6 Å². The zero-order valence-corrected chi connectivity index (χ0v) is 15.7. The minimum atomic E-state index is -1.07. The van der Waals surface area contributed by atoms with Crippen molar-refractivity contribution in [2.45, 2.75) is 25.9 Å². The van der Waals surface area contributed by atoms with Gasteiger partial charge in [0.15, 0.2) is 5.96 Å². The molecule has 7 heteroatoms. The van der Waals surface area contributed by atoms with Crippen LogP contribution in [-0.4, -0.2) is 40.5 Å². The molecule has 0 fully saturated rings. The van der Waals surface area contributed by atoms with E-state index in [0.717, 1.165) is 29.1 Å². The van der Waals surface area contributed by atoms with Crippen LogP contribution in [0.15, 0.2) is 41.7 Å². The molecule has 0 saturated heterocycles. The largest absolute Gasteiger partial charge is 0.383 e. The fourth-order valence-electron chi connectivity index (χ4n) is 2.38. The van der Waals surface area contributed by atoms with Crippen LogP contribution in [0, 0.1) is 0 Å². The quantitative estimate of drug-likeness (QED) is 0.520. The molecule has 0 aliphatic carbocycles. The molecular weight excluding hydrogens is 338 g/mol. The summed E-state index contributed by atoms with van der Waals surface area (Å²) in [6, 6.07) is 7.81. The summed E-state index contributed by atoms with van der Waals surface area (Å²) in [6.45, 7) is 5.42. The Labute approximate surface area is 153 Å². The standard InChI is InChI=1S/C18H26ClN5O/c1-4-20-17(21-10-9-14-7-5-6-8-16(14)19)22-13-18(2,25)15-11-23-24(3)12-15/h5-8,11-12,25H,4,9-10,13H2,1-3H3,(H2,20,21,22). The number of aliphatic imine (C=N–C) groups is 1. The van der Waals surface area contributed by atoms with E-state index in [9.17, 15) is 5.11 Å². The normalized spacial score (nSPS) is 14.2. The highest BCUT2D eigenvalue weighted by molar-refractivity contribution is 6.31. The second-order valence-corrected chi connectivity index (χ2v) is 6.55. The topological polar surface area (TPSA) is 74.5 Å². The van der Waals surface area contributed by atoms with Gasteiger partial charge in [0, 0.05) is 36.9 Å². The second-order valence-electron chi connectivity index (χ2n) is 6.14. The lowest BCUT2D eigenvalue weighted by atomic mass is 10.0. The Bertz CT molecular complexity index is 711. The van der Waals surface area contributed by atoms with Crippen molar-refractivity contribution in [1.82, 2.24) is 20.4 Å². The molecule has 1 atom stereocenters. The SMILES string of the molecule is CCNC(=NCC(C)(O)c1cnn(C)c1)NCCc1ccccc1Cl. The zero-order chi connectivity index (χ0) is 18.3. The lowest BCUT2D eigenvalue weighted by molar-refractivity contribution is 0.0672. The van der Waals surface area contributed by atoms with E-state index in [4.69, 9.17) is 11.6 Å². The van der Waals surface area contributed by atoms with Gasteiger partial charge in [-0.2, -0.15) is 5.10 Å². The molecule has 0 radical (unpaired) electrons. The van der Waals surface area contributed by atoms with Crippen molar-refractivity contribution >= 4 is 17.6 Å². The predicted octanol–water partition coefficient (Wildman–Crippen LogP) is 2.08. The van der Waals surface area contributed by atoms with Gasteiger partial charge in [-0.3, -0.25) is 4.68 Å². The maximum atomic E-state index is 10.6. The maximum absolute atomic E-state index is 10.6. The van der Waals surface area contributed by atoms with Gasteiger partial charge in [0.2, 0.25) is 0 Å². The van der Waals surface area contributed by atoms with Gasteiger partial charge in [-0.15, -0.1) is 0 Å². The van der Waals surface area contributed by atoms with Crippen LogP contribution < -0.4 is 10.6 Å². The van der Waals surface area contributed by atoms with Crippen molar-refractivity contribution in [2.75, 3.05) is 19.6 Å². The summed E-state index contributed by atoms with van der Waals surface area (Å²) in [5.74, 6) is 0.665. The van der Waals surface area contributed by atoms with Gasteiger partial charge < -0.3 is 15.7 Å². The van der Waals surface area contributed by atoms with Crippen molar-refractivity contribution in [1.29, 1.82) is 0 Å². The van der Waals surface area contributed by atoms with Crippen molar-refractivity contribution in [3.63, 3.8) is 0 Å². The molecule has 0 amide bonds. The molecule has 1 heterocycles.